The van der Waals surface area contributed by atoms with E-state index in [4.69, 9.17) is 0 Å². The molecule has 7 heavy (non-hydrogen) atoms. The molecule has 0 aliphatic carbocycles. The zero-order valence-corrected chi connectivity index (χ0v) is 5.36. The number of hydrogen-bond acceptors (Lipinski definition) is 1. The van der Waals surface area contributed by atoms with E-state index < -0.39 is 0 Å². The van der Waals surface area contributed by atoms with Crippen LogP contribution in [0.3, 0.4) is 0 Å². The van der Waals surface area contributed by atoms with Gasteiger partial charge in [-0.05, 0) is 0 Å². The number of nitrogens with one attached hydrogen (secondary N) is 1. The van der Waals surface area contributed by atoms with Crippen LogP contribution in [0, 0.1) is 0 Å². The quantitative estimate of drug-likeness (QED) is 0.437. The van der Waals surface area contributed by atoms with Crippen molar-refractivity contribution in [2.24, 2.45) is 0 Å². The van der Waals surface area contributed by atoms with Gasteiger partial charge in [-0.2, -0.15) is 0 Å². The standard InChI is InChI=1S/C4H6BrNO/c5-2-3-1-4(7)6-3/h3H,1-2H2,(H,6,7). The van der Waals surface area contributed by atoms with Crippen molar-refractivity contribution in [2.75, 3.05) is 5.33 Å². The van der Waals surface area contributed by atoms with Crippen molar-refractivity contribution in [1.82, 2.24) is 5.32 Å². The molecule has 0 radical (unpaired) electrons. The second kappa shape index (κ2) is 1.82. The van der Waals surface area contributed by atoms with Gasteiger partial charge in [0, 0.05) is 17.8 Å². The molecule has 2 nitrogen and oxygen atoms in total. The molecule has 1 N–H and O–H groups in total. The Morgan fingerprint density at radius 3 is 2.71 bits per heavy atom. The fourth-order valence-corrected chi connectivity index (χ4v) is 0.914. The summed E-state index contributed by atoms with van der Waals surface area (Å²) in [5, 5.41) is 3.59. The van der Waals surface area contributed by atoms with Crippen molar-refractivity contribution >= 4 is 21.8 Å². The third-order valence-electron chi connectivity index (χ3n) is 0.983. The molecular formula is C4H6BrNO. The van der Waals surface area contributed by atoms with Crippen LogP contribution in [-0.4, -0.2) is 17.3 Å². The molecule has 1 rings (SSSR count). The van der Waals surface area contributed by atoms with Crippen LogP contribution >= 0.6 is 15.9 Å². The Balaban J connectivity index is 2.17. The summed E-state index contributed by atoms with van der Waals surface area (Å²) in [5.41, 5.74) is 0. The first kappa shape index (κ1) is 5.09. The van der Waals surface area contributed by atoms with Crippen molar-refractivity contribution < 1.29 is 4.79 Å². The minimum atomic E-state index is 0.171. The highest BCUT2D eigenvalue weighted by molar-refractivity contribution is 9.09. The smallest absolute Gasteiger partial charge is 0.222 e. The summed E-state index contributed by atoms with van der Waals surface area (Å²) in [6, 6.07) is 0.410. The Morgan fingerprint density at radius 1 is 2.00 bits per heavy atom. The SMILES string of the molecule is O=C1CC(CBr)N1. The van der Waals surface area contributed by atoms with E-state index in [1.165, 1.54) is 0 Å². The molecule has 0 aromatic heterocycles. The van der Waals surface area contributed by atoms with Crippen LogP contribution in [-0.2, 0) is 4.79 Å². The molecule has 3 heteroatoms. The molecule has 1 heterocycles. The van der Waals surface area contributed by atoms with Gasteiger partial charge in [-0.15, -0.1) is 0 Å². The van der Waals surface area contributed by atoms with Crippen LogP contribution in [0.2, 0.25) is 0 Å². The van der Waals surface area contributed by atoms with Gasteiger partial charge in [0.2, 0.25) is 5.91 Å². The van der Waals surface area contributed by atoms with Gasteiger partial charge in [0.1, 0.15) is 0 Å². The molecule has 40 valence electrons. The predicted octanol–water partition coefficient (Wildman–Crippen LogP) is 0.270. The molecule has 1 unspecified atom stereocenters. The van der Waals surface area contributed by atoms with E-state index >= 15 is 0 Å². The second-order valence-electron chi connectivity index (χ2n) is 1.62. The predicted molar refractivity (Wildman–Crippen MR) is 30.3 cm³/mol. The summed E-state index contributed by atoms with van der Waals surface area (Å²) in [5.74, 6) is 0.171. The van der Waals surface area contributed by atoms with Crippen LogP contribution in [0.25, 0.3) is 0 Å². The van der Waals surface area contributed by atoms with Gasteiger partial charge in [0.25, 0.3) is 0 Å². The average Bonchev–Trinajstić information content (AvgIpc) is 1.58. The highest BCUT2D eigenvalue weighted by atomic mass is 79.9. The zero-order valence-electron chi connectivity index (χ0n) is 3.78. The highest BCUT2D eigenvalue weighted by Crippen LogP contribution is 2.05. The van der Waals surface area contributed by atoms with Crippen LogP contribution < -0.4 is 5.32 Å². The summed E-state index contributed by atoms with van der Waals surface area (Å²) in [4.78, 5) is 10.1. The van der Waals surface area contributed by atoms with Crippen LogP contribution in [0.5, 0.6) is 0 Å². The largest absolute Gasteiger partial charge is 0.352 e. The van der Waals surface area contributed by atoms with E-state index in [1.807, 2.05) is 0 Å². The first-order chi connectivity index (χ1) is 3.33. The third kappa shape index (κ3) is 0.938. The Morgan fingerprint density at radius 2 is 2.57 bits per heavy atom. The van der Waals surface area contributed by atoms with E-state index in [9.17, 15) is 4.79 Å². The molecule has 0 aromatic carbocycles. The van der Waals surface area contributed by atoms with Crippen LogP contribution in [0.1, 0.15) is 6.42 Å². The van der Waals surface area contributed by atoms with Gasteiger partial charge < -0.3 is 5.32 Å². The lowest BCUT2D eigenvalue weighted by Gasteiger charge is -2.24. The van der Waals surface area contributed by atoms with Gasteiger partial charge in [-0.3, -0.25) is 4.79 Å². The number of alkyl halides is 1. The van der Waals surface area contributed by atoms with Gasteiger partial charge in [-0.1, -0.05) is 15.9 Å². The molecule has 1 fully saturated rings. The maximum atomic E-state index is 10.1. The maximum Gasteiger partial charge on any atom is 0.222 e. The monoisotopic (exact) mass is 163 g/mol. The summed E-state index contributed by atoms with van der Waals surface area (Å²) in [6.45, 7) is 0. The first-order valence-corrected chi connectivity index (χ1v) is 3.30. The molecule has 0 saturated carbocycles. The normalized spacial score (nSPS) is 28.7. The van der Waals surface area contributed by atoms with Gasteiger partial charge >= 0.3 is 0 Å². The Labute approximate surface area is 50.4 Å². The van der Waals surface area contributed by atoms with Crippen molar-refractivity contribution in [3.8, 4) is 0 Å². The van der Waals surface area contributed by atoms with E-state index in [-0.39, 0.29) is 5.91 Å². The first-order valence-electron chi connectivity index (χ1n) is 2.18. The van der Waals surface area contributed by atoms with E-state index in [0.717, 1.165) is 5.33 Å². The zero-order chi connectivity index (χ0) is 5.28. The highest BCUT2D eigenvalue weighted by Gasteiger charge is 2.22. The fourth-order valence-electron chi connectivity index (χ4n) is 0.523. The summed E-state index contributed by atoms with van der Waals surface area (Å²) >= 11 is 3.24. The number of rotatable bonds is 1. The van der Waals surface area contributed by atoms with Gasteiger partial charge in [0.15, 0.2) is 0 Å². The van der Waals surface area contributed by atoms with Gasteiger partial charge in [0.05, 0.1) is 0 Å². The number of hydrogen-bond donors (Lipinski definition) is 1. The molecule has 0 spiro atoms. The lowest BCUT2D eigenvalue weighted by atomic mass is 10.1. The van der Waals surface area contributed by atoms with Crippen LogP contribution in [0.4, 0.5) is 0 Å². The average molecular weight is 164 g/mol. The van der Waals surface area contributed by atoms with Crippen molar-refractivity contribution in [3.05, 3.63) is 0 Å². The summed E-state index contributed by atoms with van der Waals surface area (Å²) in [6.07, 6.45) is 0.700. The van der Waals surface area contributed by atoms with Crippen LogP contribution in [0.15, 0.2) is 0 Å². The molecule has 1 saturated heterocycles. The summed E-state index contributed by atoms with van der Waals surface area (Å²) < 4.78 is 0. The molecule has 0 bridgehead atoms. The van der Waals surface area contributed by atoms with E-state index in [1.54, 1.807) is 0 Å². The van der Waals surface area contributed by atoms with E-state index in [2.05, 4.69) is 21.2 Å². The lowest BCUT2D eigenvalue weighted by molar-refractivity contribution is -0.127. The Bertz CT molecular complexity index is 85.7. The number of carbonyl (C=O) groups is 1. The summed E-state index contributed by atoms with van der Waals surface area (Å²) in [7, 11) is 0. The Hall–Kier alpha value is -0.0500. The molecule has 1 aliphatic heterocycles. The minimum absolute atomic E-state index is 0.171. The number of β-lactam (4-membered cyclic amide) rings is 1. The number of halogens is 1. The number of carbonyl (C=O) groups excluding carboxylic acids is 1. The second-order valence-corrected chi connectivity index (χ2v) is 2.27. The van der Waals surface area contributed by atoms with Gasteiger partial charge in [-0.25, -0.2) is 0 Å². The minimum Gasteiger partial charge on any atom is -0.352 e. The Kier molecular flexibility index (Phi) is 1.32. The topological polar surface area (TPSA) is 29.1 Å². The molecule has 1 aliphatic rings. The fraction of sp³-hybridized carbons (Fsp3) is 0.750. The molecule has 1 atom stereocenters. The van der Waals surface area contributed by atoms with Crippen molar-refractivity contribution in [2.45, 2.75) is 12.5 Å². The molecule has 0 aromatic rings. The van der Waals surface area contributed by atoms with E-state index in [0.29, 0.717) is 12.5 Å². The molecule has 1 amide bonds. The maximum absolute atomic E-state index is 10.1. The third-order valence-corrected chi connectivity index (χ3v) is 1.76. The molecular weight excluding hydrogens is 158 g/mol. The lowest BCUT2D eigenvalue weighted by Crippen LogP contribution is -2.49. The van der Waals surface area contributed by atoms with Crippen molar-refractivity contribution in [1.29, 1.82) is 0 Å². The number of amides is 1. The van der Waals surface area contributed by atoms with Crippen molar-refractivity contribution in [3.63, 3.8) is 0 Å².